The lowest BCUT2D eigenvalue weighted by atomic mass is 10.0. The number of amides is 1. The normalized spacial score (nSPS) is 10.4. The summed E-state index contributed by atoms with van der Waals surface area (Å²) in [6, 6.07) is 9.88. The van der Waals surface area contributed by atoms with E-state index in [0.717, 1.165) is 11.1 Å². The quantitative estimate of drug-likeness (QED) is 0.910. The van der Waals surface area contributed by atoms with Crippen molar-refractivity contribution >= 4 is 17.2 Å². The van der Waals surface area contributed by atoms with Gasteiger partial charge in [-0.3, -0.25) is 4.79 Å². The number of benzene rings is 1. The van der Waals surface area contributed by atoms with Gasteiger partial charge in [0.15, 0.2) is 0 Å². The molecular weight excluding hydrogens is 256 g/mol. The van der Waals surface area contributed by atoms with Crippen LogP contribution in [-0.4, -0.2) is 17.9 Å². The zero-order valence-electron chi connectivity index (χ0n) is 11.0. The van der Waals surface area contributed by atoms with Crippen molar-refractivity contribution in [3.05, 3.63) is 57.8 Å². The van der Waals surface area contributed by atoms with Crippen LogP contribution in [0.2, 0.25) is 0 Å². The van der Waals surface area contributed by atoms with E-state index in [4.69, 9.17) is 5.73 Å². The summed E-state index contributed by atoms with van der Waals surface area (Å²) in [4.78, 5) is 14.0. The molecule has 2 rings (SSSR count). The van der Waals surface area contributed by atoms with Crippen LogP contribution < -0.4 is 5.73 Å². The molecule has 0 aliphatic carbocycles. The second-order valence-corrected chi connectivity index (χ2v) is 5.31. The molecule has 3 nitrogen and oxygen atoms in total. The first-order valence-electron chi connectivity index (χ1n) is 6.22. The van der Waals surface area contributed by atoms with Crippen molar-refractivity contribution in [2.24, 2.45) is 5.73 Å². The van der Waals surface area contributed by atoms with Crippen LogP contribution in [0.15, 0.2) is 41.1 Å². The maximum atomic E-state index is 12.2. The van der Waals surface area contributed by atoms with Gasteiger partial charge in [0, 0.05) is 20.1 Å². The first-order chi connectivity index (χ1) is 9.20. The van der Waals surface area contributed by atoms with E-state index >= 15 is 0 Å². The fraction of sp³-hybridized carbons (Fsp3) is 0.267. The summed E-state index contributed by atoms with van der Waals surface area (Å²) < 4.78 is 0. The number of rotatable bonds is 5. The van der Waals surface area contributed by atoms with Crippen molar-refractivity contribution in [2.75, 3.05) is 7.05 Å². The Morgan fingerprint density at radius 1 is 1.26 bits per heavy atom. The molecule has 1 aromatic heterocycles. The highest BCUT2D eigenvalue weighted by Crippen LogP contribution is 2.12. The molecule has 0 bridgehead atoms. The number of carbonyl (C=O) groups excluding carboxylic acids is 1. The number of carbonyl (C=O) groups is 1. The first-order valence-corrected chi connectivity index (χ1v) is 7.17. The number of hydrogen-bond donors (Lipinski definition) is 1. The van der Waals surface area contributed by atoms with Crippen LogP contribution in [0.1, 0.15) is 16.7 Å². The van der Waals surface area contributed by atoms with E-state index in [1.165, 1.54) is 5.56 Å². The predicted molar refractivity (Wildman–Crippen MR) is 78.8 cm³/mol. The van der Waals surface area contributed by atoms with Gasteiger partial charge >= 0.3 is 0 Å². The van der Waals surface area contributed by atoms with E-state index in [1.807, 2.05) is 42.8 Å². The van der Waals surface area contributed by atoms with Crippen LogP contribution in [0.4, 0.5) is 0 Å². The first kappa shape index (κ1) is 13.8. The average Bonchev–Trinajstić information content (AvgIpc) is 2.92. The molecule has 0 unspecified atom stereocenters. The predicted octanol–water partition coefficient (Wildman–Crippen LogP) is 2.41. The molecule has 0 saturated heterocycles. The maximum Gasteiger partial charge on any atom is 0.227 e. The summed E-state index contributed by atoms with van der Waals surface area (Å²) in [5, 5.41) is 4.09. The second-order valence-electron chi connectivity index (χ2n) is 4.53. The molecule has 0 saturated carbocycles. The highest BCUT2D eigenvalue weighted by Gasteiger charge is 2.12. The highest BCUT2D eigenvalue weighted by molar-refractivity contribution is 7.07. The number of thiophene rings is 1. The maximum absolute atomic E-state index is 12.2. The third kappa shape index (κ3) is 3.66. The molecule has 0 fully saturated rings. The van der Waals surface area contributed by atoms with Crippen LogP contribution in [0.5, 0.6) is 0 Å². The Morgan fingerprint density at radius 2 is 2.00 bits per heavy atom. The smallest absolute Gasteiger partial charge is 0.227 e. The molecule has 0 radical (unpaired) electrons. The molecule has 1 amide bonds. The lowest BCUT2D eigenvalue weighted by molar-refractivity contribution is -0.129. The van der Waals surface area contributed by atoms with Gasteiger partial charge in [-0.2, -0.15) is 11.3 Å². The number of nitrogens with zero attached hydrogens (tertiary/aromatic N) is 1. The van der Waals surface area contributed by atoms with Gasteiger partial charge in [-0.25, -0.2) is 0 Å². The standard InChI is InChI=1S/C15H18N2OS/c1-17(10-12-6-7-19-11-12)15(18)8-13-4-2-3-5-14(13)9-16/h2-7,11H,8-10,16H2,1H3. The minimum atomic E-state index is 0.118. The van der Waals surface area contributed by atoms with Gasteiger partial charge in [-0.1, -0.05) is 24.3 Å². The molecule has 100 valence electrons. The Bertz CT molecular complexity index is 537. The molecule has 1 aromatic carbocycles. The lowest BCUT2D eigenvalue weighted by Gasteiger charge is -2.17. The molecule has 2 aromatic rings. The fourth-order valence-corrected chi connectivity index (χ4v) is 2.63. The SMILES string of the molecule is CN(Cc1ccsc1)C(=O)Cc1ccccc1CN. The molecule has 0 spiro atoms. The van der Waals surface area contributed by atoms with E-state index in [1.54, 1.807) is 16.2 Å². The van der Waals surface area contributed by atoms with Gasteiger partial charge in [0.05, 0.1) is 6.42 Å². The van der Waals surface area contributed by atoms with Crippen LogP contribution in [0, 0.1) is 0 Å². The van der Waals surface area contributed by atoms with Crippen LogP contribution >= 0.6 is 11.3 Å². The molecule has 1 heterocycles. The Kier molecular flexibility index (Phi) is 4.71. The van der Waals surface area contributed by atoms with E-state index in [9.17, 15) is 4.79 Å². The molecule has 4 heteroatoms. The summed E-state index contributed by atoms with van der Waals surface area (Å²) in [6.07, 6.45) is 0.411. The summed E-state index contributed by atoms with van der Waals surface area (Å²) in [6.45, 7) is 1.13. The summed E-state index contributed by atoms with van der Waals surface area (Å²) >= 11 is 1.65. The third-order valence-electron chi connectivity index (χ3n) is 3.11. The van der Waals surface area contributed by atoms with Crippen molar-refractivity contribution in [1.82, 2.24) is 4.90 Å². The van der Waals surface area contributed by atoms with Gasteiger partial charge < -0.3 is 10.6 Å². The van der Waals surface area contributed by atoms with E-state index in [0.29, 0.717) is 19.5 Å². The van der Waals surface area contributed by atoms with Crippen molar-refractivity contribution < 1.29 is 4.79 Å². The number of hydrogen-bond acceptors (Lipinski definition) is 3. The number of likely N-dealkylation sites (N-methyl/N-ethyl adjacent to an activating group) is 1. The summed E-state index contributed by atoms with van der Waals surface area (Å²) in [5.41, 5.74) is 8.92. The van der Waals surface area contributed by atoms with Crippen molar-refractivity contribution in [2.45, 2.75) is 19.5 Å². The Balaban J connectivity index is 2.00. The van der Waals surface area contributed by atoms with Gasteiger partial charge in [0.25, 0.3) is 0 Å². The van der Waals surface area contributed by atoms with E-state index < -0.39 is 0 Å². The molecule has 0 aliphatic heterocycles. The molecule has 2 N–H and O–H groups in total. The Labute approximate surface area is 117 Å². The number of nitrogens with two attached hydrogens (primary N) is 1. The Morgan fingerprint density at radius 3 is 2.63 bits per heavy atom. The Hall–Kier alpha value is -1.65. The van der Waals surface area contributed by atoms with E-state index in [2.05, 4.69) is 5.38 Å². The van der Waals surface area contributed by atoms with Gasteiger partial charge in [-0.15, -0.1) is 0 Å². The minimum Gasteiger partial charge on any atom is -0.341 e. The summed E-state index contributed by atoms with van der Waals surface area (Å²) in [7, 11) is 1.84. The molecule has 0 aliphatic rings. The minimum absolute atomic E-state index is 0.118. The van der Waals surface area contributed by atoms with E-state index in [-0.39, 0.29) is 5.91 Å². The third-order valence-corrected chi connectivity index (χ3v) is 3.84. The van der Waals surface area contributed by atoms with Crippen LogP contribution in [0.3, 0.4) is 0 Å². The average molecular weight is 274 g/mol. The van der Waals surface area contributed by atoms with Gasteiger partial charge in [-0.05, 0) is 33.5 Å². The lowest BCUT2D eigenvalue weighted by Crippen LogP contribution is -2.28. The molecule has 0 atom stereocenters. The summed E-state index contributed by atoms with van der Waals surface area (Å²) in [5.74, 6) is 0.118. The van der Waals surface area contributed by atoms with Crippen molar-refractivity contribution in [3.8, 4) is 0 Å². The largest absolute Gasteiger partial charge is 0.341 e. The van der Waals surface area contributed by atoms with Crippen LogP contribution in [0.25, 0.3) is 0 Å². The van der Waals surface area contributed by atoms with Crippen LogP contribution in [-0.2, 0) is 24.3 Å². The van der Waals surface area contributed by atoms with Gasteiger partial charge in [0.1, 0.15) is 0 Å². The molecule has 19 heavy (non-hydrogen) atoms. The zero-order chi connectivity index (χ0) is 13.7. The highest BCUT2D eigenvalue weighted by atomic mass is 32.1. The van der Waals surface area contributed by atoms with Gasteiger partial charge in [0.2, 0.25) is 5.91 Å². The monoisotopic (exact) mass is 274 g/mol. The van der Waals surface area contributed by atoms with Crippen molar-refractivity contribution in [3.63, 3.8) is 0 Å². The van der Waals surface area contributed by atoms with Crippen molar-refractivity contribution in [1.29, 1.82) is 0 Å². The fourth-order valence-electron chi connectivity index (χ4n) is 1.97. The molecular formula is C15H18N2OS. The second kappa shape index (κ2) is 6.50. The topological polar surface area (TPSA) is 46.3 Å². The zero-order valence-corrected chi connectivity index (χ0v) is 11.8.